The molecule has 1 saturated carbocycles. The number of aryl methyl sites for hydroxylation is 1. The first kappa shape index (κ1) is 11.7. The molecule has 1 fully saturated rings. The van der Waals surface area contributed by atoms with Gasteiger partial charge in [-0.2, -0.15) is 0 Å². The molecule has 88 valence electrons. The van der Waals surface area contributed by atoms with Crippen molar-refractivity contribution < 1.29 is 9.84 Å². The minimum absolute atomic E-state index is 0.204. The van der Waals surface area contributed by atoms with Gasteiger partial charge in [0.1, 0.15) is 5.75 Å². The highest BCUT2D eigenvalue weighted by atomic mass is 35.5. The molecule has 2 rings (SSSR count). The fourth-order valence-electron chi connectivity index (χ4n) is 1.80. The fourth-order valence-corrected chi connectivity index (χ4v) is 1.99. The summed E-state index contributed by atoms with van der Waals surface area (Å²) in [7, 11) is 0. The number of halogens is 1. The van der Waals surface area contributed by atoms with Crippen LogP contribution in [-0.2, 0) is 6.42 Å². The lowest BCUT2D eigenvalue weighted by atomic mass is 9.96. The molecule has 3 heteroatoms. The highest BCUT2D eigenvalue weighted by Crippen LogP contribution is 2.30. The van der Waals surface area contributed by atoms with Crippen LogP contribution in [0.1, 0.15) is 31.2 Å². The Hall–Kier alpha value is -0.730. The Bertz CT molecular complexity index is 348. The molecule has 1 aromatic rings. The molecule has 2 nitrogen and oxygen atoms in total. The lowest BCUT2D eigenvalue weighted by Gasteiger charge is -2.27. The zero-order valence-electron chi connectivity index (χ0n) is 9.29. The molecule has 1 aliphatic rings. The molecular weight excluding hydrogens is 224 g/mol. The monoisotopic (exact) mass is 240 g/mol. The molecule has 16 heavy (non-hydrogen) atoms. The number of hydrogen-bond acceptors (Lipinski definition) is 2. The van der Waals surface area contributed by atoms with E-state index in [1.54, 1.807) is 0 Å². The number of aliphatic hydroxyl groups excluding tert-OH is 1. The van der Waals surface area contributed by atoms with Crippen LogP contribution in [0.3, 0.4) is 0 Å². The van der Waals surface area contributed by atoms with E-state index in [1.165, 1.54) is 6.42 Å². The lowest BCUT2D eigenvalue weighted by Crippen LogP contribution is -2.25. The second-order valence-corrected chi connectivity index (χ2v) is 4.69. The summed E-state index contributed by atoms with van der Waals surface area (Å²) in [6, 6.07) is 5.73. The molecule has 1 aliphatic carbocycles. The smallest absolute Gasteiger partial charge is 0.123 e. The van der Waals surface area contributed by atoms with Crippen molar-refractivity contribution in [1.82, 2.24) is 0 Å². The average Bonchev–Trinajstić information content (AvgIpc) is 2.22. The predicted molar refractivity (Wildman–Crippen MR) is 65.1 cm³/mol. The van der Waals surface area contributed by atoms with E-state index in [9.17, 15) is 0 Å². The van der Waals surface area contributed by atoms with Crippen LogP contribution in [-0.4, -0.2) is 17.8 Å². The Morgan fingerprint density at radius 3 is 2.81 bits per heavy atom. The van der Waals surface area contributed by atoms with Gasteiger partial charge in [0, 0.05) is 11.6 Å². The molecular formula is C13H17ClO2. The normalized spacial score (nSPS) is 15.9. The van der Waals surface area contributed by atoms with Crippen molar-refractivity contribution in [2.75, 3.05) is 6.61 Å². The zero-order valence-corrected chi connectivity index (χ0v) is 10.0. The topological polar surface area (TPSA) is 29.5 Å². The first-order valence-electron chi connectivity index (χ1n) is 5.85. The largest absolute Gasteiger partial charge is 0.490 e. The molecule has 1 aromatic carbocycles. The number of hydrogen-bond donors (Lipinski definition) is 1. The summed E-state index contributed by atoms with van der Waals surface area (Å²) >= 11 is 5.96. The number of aliphatic hydroxyl groups is 1. The van der Waals surface area contributed by atoms with Gasteiger partial charge in [0.05, 0.1) is 6.10 Å². The SMILES string of the molecule is OCCCc1cc(Cl)ccc1OC1CCC1. The van der Waals surface area contributed by atoms with Crippen molar-refractivity contribution in [1.29, 1.82) is 0 Å². The molecule has 1 N–H and O–H groups in total. The average molecular weight is 241 g/mol. The van der Waals surface area contributed by atoms with Gasteiger partial charge in [-0.3, -0.25) is 0 Å². The van der Waals surface area contributed by atoms with Crippen LogP contribution in [0.5, 0.6) is 5.75 Å². The Labute approximate surface area is 101 Å². The van der Waals surface area contributed by atoms with Crippen molar-refractivity contribution in [2.24, 2.45) is 0 Å². The van der Waals surface area contributed by atoms with Gasteiger partial charge in [-0.05, 0) is 55.9 Å². The van der Waals surface area contributed by atoms with Crippen LogP contribution in [0, 0.1) is 0 Å². The standard InChI is InChI=1S/C13H17ClO2/c14-11-6-7-13(16-12-4-1-5-12)10(9-11)3-2-8-15/h6-7,9,12,15H,1-5,8H2. The highest BCUT2D eigenvalue weighted by Gasteiger charge is 2.20. The van der Waals surface area contributed by atoms with Crippen LogP contribution >= 0.6 is 11.6 Å². The second-order valence-electron chi connectivity index (χ2n) is 4.25. The van der Waals surface area contributed by atoms with E-state index in [1.807, 2.05) is 18.2 Å². The molecule has 0 amide bonds. The van der Waals surface area contributed by atoms with Crippen LogP contribution in [0.4, 0.5) is 0 Å². The second kappa shape index (κ2) is 5.55. The van der Waals surface area contributed by atoms with Crippen molar-refractivity contribution in [3.8, 4) is 5.75 Å². The van der Waals surface area contributed by atoms with Gasteiger partial charge in [0.15, 0.2) is 0 Å². The fraction of sp³-hybridized carbons (Fsp3) is 0.538. The molecule has 0 spiro atoms. The van der Waals surface area contributed by atoms with Gasteiger partial charge >= 0.3 is 0 Å². The summed E-state index contributed by atoms with van der Waals surface area (Å²) in [6.45, 7) is 0.204. The third kappa shape index (κ3) is 2.89. The van der Waals surface area contributed by atoms with Gasteiger partial charge < -0.3 is 9.84 Å². The summed E-state index contributed by atoms with van der Waals surface area (Å²) in [5.74, 6) is 0.933. The van der Waals surface area contributed by atoms with E-state index in [2.05, 4.69) is 0 Å². The van der Waals surface area contributed by atoms with E-state index >= 15 is 0 Å². The Morgan fingerprint density at radius 1 is 1.38 bits per heavy atom. The van der Waals surface area contributed by atoms with E-state index in [0.29, 0.717) is 6.10 Å². The molecule has 0 unspecified atom stereocenters. The third-order valence-electron chi connectivity index (χ3n) is 2.97. The molecule has 0 aromatic heterocycles. The Balaban J connectivity index is 2.07. The molecule has 0 saturated heterocycles. The van der Waals surface area contributed by atoms with Crippen molar-refractivity contribution in [3.05, 3.63) is 28.8 Å². The quantitative estimate of drug-likeness (QED) is 0.857. The van der Waals surface area contributed by atoms with Crippen molar-refractivity contribution in [2.45, 2.75) is 38.2 Å². The van der Waals surface area contributed by atoms with Gasteiger partial charge in [-0.15, -0.1) is 0 Å². The Morgan fingerprint density at radius 2 is 2.19 bits per heavy atom. The number of rotatable bonds is 5. The number of ether oxygens (including phenoxy) is 1. The summed E-state index contributed by atoms with van der Waals surface area (Å²) < 4.78 is 5.89. The van der Waals surface area contributed by atoms with Gasteiger partial charge in [0.25, 0.3) is 0 Å². The maximum absolute atomic E-state index is 8.85. The first-order chi connectivity index (χ1) is 7.79. The summed E-state index contributed by atoms with van der Waals surface area (Å²) in [5.41, 5.74) is 1.11. The minimum Gasteiger partial charge on any atom is -0.490 e. The van der Waals surface area contributed by atoms with Crippen LogP contribution in [0.15, 0.2) is 18.2 Å². The van der Waals surface area contributed by atoms with E-state index in [-0.39, 0.29) is 6.61 Å². The number of benzene rings is 1. The van der Waals surface area contributed by atoms with Crippen LogP contribution < -0.4 is 4.74 Å². The maximum atomic E-state index is 8.85. The molecule has 0 bridgehead atoms. The first-order valence-corrected chi connectivity index (χ1v) is 6.23. The van der Waals surface area contributed by atoms with Crippen LogP contribution in [0.25, 0.3) is 0 Å². The predicted octanol–water partition coefficient (Wildman–Crippen LogP) is 3.20. The van der Waals surface area contributed by atoms with Gasteiger partial charge in [-0.25, -0.2) is 0 Å². The molecule has 0 atom stereocenters. The minimum atomic E-state index is 0.204. The Kier molecular flexibility index (Phi) is 4.08. The molecule has 0 radical (unpaired) electrons. The lowest BCUT2D eigenvalue weighted by molar-refractivity contribution is 0.119. The molecule has 0 aliphatic heterocycles. The molecule has 0 heterocycles. The van der Waals surface area contributed by atoms with Crippen molar-refractivity contribution in [3.63, 3.8) is 0 Å². The maximum Gasteiger partial charge on any atom is 0.123 e. The van der Waals surface area contributed by atoms with Gasteiger partial charge in [0.2, 0.25) is 0 Å². The third-order valence-corrected chi connectivity index (χ3v) is 3.21. The van der Waals surface area contributed by atoms with E-state index in [4.69, 9.17) is 21.4 Å². The van der Waals surface area contributed by atoms with E-state index < -0.39 is 0 Å². The van der Waals surface area contributed by atoms with Crippen molar-refractivity contribution >= 4 is 11.6 Å². The van der Waals surface area contributed by atoms with Gasteiger partial charge in [-0.1, -0.05) is 11.6 Å². The van der Waals surface area contributed by atoms with E-state index in [0.717, 1.165) is 42.0 Å². The summed E-state index contributed by atoms with van der Waals surface area (Å²) in [4.78, 5) is 0. The summed E-state index contributed by atoms with van der Waals surface area (Å²) in [6.07, 6.45) is 5.53. The zero-order chi connectivity index (χ0) is 11.4. The summed E-state index contributed by atoms with van der Waals surface area (Å²) in [5, 5.41) is 9.58. The van der Waals surface area contributed by atoms with Crippen LogP contribution in [0.2, 0.25) is 5.02 Å². The highest BCUT2D eigenvalue weighted by molar-refractivity contribution is 6.30.